The molecule has 0 saturated heterocycles. The van der Waals surface area contributed by atoms with Gasteiger partial charge in [0.15, 0.2) is 0 Å². The lowest BCUT2D eigenvalue weighted by Gasteiger charge is -2.06. The van der Waals surface area contributed by atoms with Gasteiger partial charge in [0.1, 0.15) is 17.0 Å². The molecule has 0 atom stereocenters. The first-order valence-electron chi connectivity index (χ1n) is 7.90. The van der Waals surface area contributed by atoms with Crippen molar-refractivity contribution in [1.29, 1.82) is 0 Å². The van der Waals surface area contributed by atoms with E-state index >= 15 is 0 Å². The molecule has 1 aromatic heterocycles. The lowest BCUT2D eigenvalue weighted by Crippen LogP contribution is -2.79. The Hall–Kier alpha value is -3.42. The number of carbonyl (C=O) groups is 1. The van der Waals surface area contributed by atoms with E-state index in [1.165, 1.54) is 12.1 Å². The van der Waals surface area contributed by atoms with Gasteiger partial charge in [0, 0.05) is 5.56 Å². The van der Waals surface area contributed by atoms with Gasteiger partial charge in [-0.3, -0.25) is 5.73 Å². The van der Waals surface area contributed by atoms with E-state index in [0.717, 1.165) is 12.1 Å². The summed E-state index contributed by atoms with van der Waals surface area (Å²) in [7, 11) is 0. The van der Waals surface area contributed by atoms with Crippen LogP contribution in [0.4, 0.5) is 13.2 Å². The molecule has 27 heavy (non-hydrogen) atoms. The summed E-state index contributed by atoms with van der Waals surface area (Å²) in [6.07, 6.45) is -4.44. The highest BCUT2D eigenvalue weighted by molar-refractivity contribution is 6.01. The zero-order valence-corrected chi connectivity index (χ0v) is 14.2. The van der Waals surface area contributed by atoms with Crippen LogP contribution >= 0.6 is 0 Å². The number of amidine groups is 1. The number of nitrogens with zero attached hydrogens (tertiary/aromatic N) is 1. The number of aryl methyl sites for hydroxylation is 1. The topological polar surface area (TPSA) is 83.1 Å². The van der Waals surface area contributed by atoms with Crippen LogP contribution in [0.5, 0.6) is 0 Å². The molecule has 3 aromatic rings. The monoisotopic (exact) mass is 374 g/mol. The number of amides is 1. The third kappa shape index (κ3) is 3.89. The summed E-state index contributed by atoms with van der Waals surface area (Å²) in [5.74, 6) is -0.343. The minimum Gasteiger partial charge on any atom is -0.360 e. The summed E-state index contributed by atoms with van der Waals surface area (Å²) in [5.41, 5.74) is 6.55. The zero-order valence-electron chi connectivity index (χ0n) is 14.2. The molecule has 5 nitrogen and oxygen atoms in total. The standard InChI is InChI=1S/C19H14F3N3O2/c1-11-15(16(25-27-11)12-5-3-2-4-6-12)18(26)24-17(23)13-7-9-14(10-8-13)19(20,21)22/h2-10H,1H3,(H2,23,24,26)/p+1. The van der Waals surface area contributed by atoms with E-state index in [-0.39, 0.29) is 17.0 Å². The molecule has 0 saturated carbocycles. The SMILES string of the molecule is Cc1onc(-c2ccccc2)c1C(=O)[NH+]=C(N)c1ccc(C(F)(F)F)cc1. The number of hydrogen-bond donors (Lipinski definition) is 2. The highest BCUT2D eigenvalue weighted by Gasteiger charge is 2.30. The van der Waals surface area contributed by atoms with Gasteiger partial charge in [0.25, 0.3) is 5.84 Å². The number of halogens is 3. The summed E-state index contributed by atoms with van der Waals surface area (Å²) >= 11 is 0. The predicted molar refractivity (Wildman–Crippen MR) is 91.7 cm³/mol. The Labute approximate surface area is 152 Å². The number of alkyl halides is 3. The molecule has 0 aliphatic rings. The number of aromatic nitrogens is 1. The van der Waals surface area contributed by atoms with Crippen molar-refractivity contribution in [2.45, 2.75) is 13.1 Å². The van der Waals surface area contributed by atoms with Gasteiger partial charge in [-0.2, -0.15) is 13.2 Å². The molecule has 0 bridgehead atoms. The van der Waals surface area contributed by atoms with Crippen LogP contribution in [0.3, 0.4) is 0 Å². The molecule has 0 aliphatic carbocycles. The van der Waals surface area contributed by atoms with Crippen LogP contribution in [0.1, 0.15) is 27.2 Å². The van der Waals surface area contributed by atoms with Crippen LogP contribution in [0, 0.1) is 6.92 Å². The molecule has 1 amide bonds. The molecule has 0 radical (unpaired) electrons. The van der Waals surface area contributed by atoms with Gasteiger partial charge in [-0.1, -0.05) is 35.5 Å². The molecule has 3 N–H and O–H groups in total. The lowest BCUT2D eigenvalue weighted by atomic mass is 10.1. The van der Waals surface area contributed by atoms with Gasteiger partial charge >= 0.3 is 12.1 Å². The second-order valence-corrected chi connectivity index (χ2v) is 5.77. The fourth-order valence-corrected chi connectivity index (χ4v) is 2.53. The second-order valence-electron chi connectivity index (χ2n) is 5.77. The van der Waals surface area contributed by atoms with Gasteiger partial charge in [0.2, 0.25) is 0 Å². The van der Waals surface area contributed by atoms with Crippen molar-refractivity contribution in [2.24, 2.45) is 5.73 Å². The molecule has 1 heterocycles. The highest BCUT2D eigenvalue weighted by atomic mass is 19.4. The fourth-order valence-electron chi connectivity index (χ4n) is 2.53. The van der Waals surface area contributed by atoms with E-state index in [9.17, 15) is 18.0 Å². The maximum absolute atomic E-state index is 12.6. The number of carbonyl (C=O) groups excluding carboxylic acids is 1. The first-order chi connectivity index (χ1) is 12.8. The van der Waals surface area contributed by atoms with Crippen LogP contribution in [0.2, 0.25) is 0 Å². The Morgan fingerprint density at radius 2 is 1.70 bits per heavy atom. The average Bonchev–Trinajstić information content (AvgIpc) is 3.03. The van der Waals surface area contributed by atoms with Crippen molar-refractivity contribution in [3.63, 3.8) is 0 Å². The van der Waals surface area contributed by atoms with Crippen molar-refractivity contribution in [3.05, 3.63) is 77.0 Å². The third-order valence-corrected chi connectivity index (χ3v) is 3.91. The second kappa shape index (κ2) is 7.06. The number of nitrogens with one attached hydrogen (secondary N) is 1. The minimum atomic E-state index is -4.44. The van der Waals surface area contributed by atoms with Crippen LogP contribution in [-0.2, 0) is 6.18 Å². The van der Waals surface area contributed by atoms with Gasteiger partial charge in [0.05, 0.1) is 11.1 Å². The van der Waals surface area contributed by atoms with Crippen molar-refractivity contribution in [2.75, 3.05) is 0 Å². The molecule has 8 heteroatoms. The lowest BCUT2D eigenvalue weighted by molar-refractivity contribution is -0.345. The Balaban J connectivity index is 1.92. The molecule has 0 fully saturated rings. The molecule has 0 aliphatic heterocycles. The first kappa shape index (κ1) is 18.4. The maximum Gasteiger partial charge on any atom is 0.416 e. The molecule has 3 rings (SSSR count). The normalized spacial score (nSPS) is 12.2. The van der Waals surface area contributed by atoms with Gasteiger partial charge in [-0.25, -0.2) is 9.79 Å². The van der Waals surface area contributed by atoms with E-state index in [1.807, 2.05) is 6.07 Å². The molecule has 138 valence electrons. The Kier molecular flexibility index (Phi) is 4.81. The zero-order chi connectivity index (χ0) is 19.6. The fraction of sp³-hybridized carbons (Fsp3) is 0.105. The Morgan fingerprint density at radius 3 is 2.30 bits per heavy atom. The average molecular weight is 374 g/mol. The molecule has 2 aromatic carbocycles. The van der Waals surface area contributed by atoms with Gasteiger partial charge in [-0.15, -0.1) is 0 Å². The molecule has 0 unspecified atom stereocenters. The largest absolute Gasteiger partial charge is 0.416 e. The summed E-state index contributed by atoms with van der Waals surface area (Å²) in [6, 6.07) is 13.1. The highest BCUT2D eigenvalue weighted by Crippen LogP contribution is 2.29. The third-order valence-electron chi connectivity index (χ3n) is 3.91. The van der Waals surface area contributed by atoms with E-state index in [4.69, 9.17) is 10.3 Å². The van der Waals surface area contributed by atoms with Gasteiger partial charge in [-0.05, 0) is 31.2 Å². The predicted octanol–water partition coefficient (Wildman–Crippen LogP) is 2.30. The number of benzene rings is 2. The van der Waals surface area contributed by atoms with Crippen molar-refractivity contribution in [1.82, 2.24) is 5.16 Å². The maximum atomic E-state index is 12.6. The Morgan fingerprint density at radius 1 is 1.07 bits per heavy atom. The van der Waals surface area contributed by atoms with Crippen LogP contribution in [0.15, 0.2) is 59.1 Å². The number of nitrogens with two attached hydrogens (primary N) is 1. The van der Waals surface area contributed by atoms with Crippen LogP contribution in [-0.4, -0.2) is 16.9 Å². The van der Waals surface area contributed by atoms with Crippen molar-refractivity contribution >= 4 is 11.7 Å². The molecular weight excluding hydrogens is 359 g/mol. The van der Waals surface area contributed by atoms with E-state index < -0.39 is 17.6 Å². The minimum absolute atomic E-state index is 0.0756. The summed E-state index contributed by atoms with van der Waals surface area (Å²) in [5, 5.41) is 3.91. The van der Waals surface area contributed by atoms with Gasteiger partial charge < -0.3 is 4.52 Å². The summed E-state index contributed by atoms with van der Waals surface area (Å²) in [4.78, 5) is 15.1. The number of rotatable bonds is 3. The first-order valence-corrected chi connectivity index (χ1v) is 7.90. The Bertz CT molecular complexity index is 991. The number of hydrogen-bond acceptors (Lipinski definition) is 3. The van der Waals surface area contributed by atoms with Crippen LogP contribution < -0.4 is 10.7 Å². The molecule has 0 spiro atoms. The van der Waals surface area contributed by atoms with E-state index in [0.29, 0.717) is 17.0 Å². The summed E-state index contributed by atoms with van der Waals surface area (Å²) < 4.78 is 43.1. The van der Waals surface area contributed by atoms with E-state index in [2.05, 4.69) is 10.1 Å². The van der Waals surface area contributed by atoms with Crippen molar-refractivity contribution in [3.8, 4) is 11.3 Å². The van der Waals surface area contributed by atoms with Crippen molar-refractivity contribution < 1.29 is 27.5 Å². The molecular formula is C19H15F3N3O2+. The van der Waals surface area contributed by atoms with Crippen LogP contribution in [0.25, 0.3) is 11.3 Å². The summed E-state index contributed by atoms with van der Waals surface area (Å²) in [6.45, 7) is 1.59. The number of nitrogen functional groups attached to an aromatic ring is 1. The quantitative estimate of drug-likeness (QED) is 0.544. The van der Waals surface area contributed by atoms with E-state index in [1.54, 1.807) is 31.2 Å². The smallest absolute Gasteiger partial charge is 0.360 e.